The molecule has 0 radical (unpaired) electrons. The van der Waals surface area contributed by atoms with Crippen molar-refractivity contribution in [3.05, 3.63) is 47.8 Å². The van der Waals surface area contributed by atoms with Gasteiger partial charge in [-0.05, 0) is 32.0 Å². The van der Waals surface area contributed by atoms with Gasteiger partial charge in [-0.15, -0.1) is 5.10 Å². The number of fused-ring (bicyclic) bond motifs is 1. The van der Waals surface area contributed by atoms with E-state index in [2.05, 4.69) is 15.1 Å². The van der Waals surface area contributed by atoms with Crippen molar-refractivity contribution in [1.82, 2.24) is 19.6 Å². The fourth-order valence-corrected chi connectivity index (χ4v) is 2.02. The lowest BCUT2D eigenvalue weighted by molar-refractivity contribution is 0.218. The van der Waals surface area contributed by atoms with Crippen LogP contribution in [0.1, 0.15) is 24.3 Å². The smallest absolute Gasteiger partial charge is 0.254 e. The Kier molecular flexibility index (Phi) is 2.98. The van der Waals surface area contributed by atoms with Crippen LogP contribution in [0.5, 0.6) is 5.75 Å². The predicted molar refractivity (Wildman–Crippen MR) is 75.4 cm³/mol. The molecule has 3 aromatic rings. The molecule has 6 nitrogen and oxygen atoms in total. The minimum atomic E-state index is -0.190. The van der Waals surface area contributed by atoms with Gasteiger partial charge >= 0.3 is 0 Å². The van der Waals surface area contributed by atoms with Crippen molar-refractivity contribution in [3.8, 4) is 5.75 Å². The Balaban J connectivity index is 1.92. The number of rotatable bonds is 3. The van der Waals surface area contributed by atoms with Gasteiger partial charge in [-0.1, -0.05) is 17.7 Å². The number of hydrogen-bond acceptors (Lipinski definition) is 5. The third-order valence-electron chi connectivity index (χ3n) is 3.04. The third-order valence-corrected chi connectivity index (χ3v) is 3.04. The van der Waals surface area contributed by atoms with Gasteiger partial charge in [0.05, 0.1) is 5.69 Å². The van der Waals surface area contributed by atoms with Crippen LogP contribution in [0.4, 0.5) is 5.95 Å². The first-order valence-electron chi connectivity index (χ1n) is 6.34. The van der Waals surface area contributed by atoms with Crippen molar-refractivity contribution in [2.24, 2.45) is 0 Å². The summed E-state index contributed by atoms with van der Waals surface area (Å²) in [5, 5.41) is 4.13. The molecule has 2 N–H and O–H groups in total. The second-order valence-electron chi connectivity index (χ2n) is 4.62. The molecule has 6 heteroatoms. The van der Waals surface area contributed by atoms with Gasteiger partial charge in [-0.25, -0.2) is 4.98 Å². The van der Waals surface area contributed by atoms with Crippen LogP contribution in [0.2, 0.25) is 0 Å². The number of aromatic nitrogens is 4. The van der Waals surface area contributed by atoms with Crippen LogP contribution in [-0.4, -0.2) is 19.6 Å². The van der Waals surface area contributed by atoms with E-state index in [0.717, 1.165) is 11.4 Å². The summed E-state index contributed by atoms with van der Waals surface area (Å²) in [7, 11) is 0. The summed E-state index contributed by atoms with van der Waals surface area (Å²) in [6.45, 7) is 3.99. The number of nitrogens with two attached hydrogens (primary N) is 1. The summed E-state index contributed by atoms with van der Waals surface area (Å²) < 4.78 is 7.52. The van der Waals surface area contributed by atoms with Crippen LogP contribution < -0.4 is 10.5 Å². The SMILES string of the molecule is Cc1ccc(O[C@H](C)c2ccnc3nc(N)nn23)cc1. The average Bonchev–Trinajstić information content (AvgIpc) is 2.81. The molecule has 0 spiro atoms. The lowest BCUT2D eigenvalue weighted by Crippen LogP contribution is -2.10. The Hall–Kier alpha value is -2.63. The topological polar surface area (TPSA) is 78.3 Å². The Morgan fingerprint density at radius 1 is 1.20 bits per heavy atom. The normalized spacial score (nSPS) is 12.5. The fraction of sp³-hybridized carbons (Fsp3) is 0.214. The summed E-state index contributed by atoms with van der Waals surface area (Å²) in [6, 6.07) is 9.76. The van der Waals surface area contributed by atoms with E-state index in [1.807, 2.05) is 44.2 Å². The highest BCUT2D eigenvalue weighted by Gasteiger charge is 2.14. The molecule has 0 fully saturated rings. The first-order valence-corrected chi connectivity index (χ1v) is 6.34. The minimum absolute atomic E-state index is 0.190. The quantitative estimate of drug-likeness (QED) is 0.788. The first kappa shape index (κ1) is 12.4. The summed E-state index contributed by atoms with van der Waals surface area (Å²) in [6.07, 6.45) is 1.48. The van der Waals surface area contributed by atoms with E-state index in [-0.39, 0.29) is 12.1 Å². The van der Waals surface area contributed by atoms with E-state index in [1.54, 1.807) is 10.7 Å². The van der Waals surface area contributed by atoms with Gasteiger partial charge in [0.2, 0.25) is 5.95 Å². The number of benzene rings is 1. The van der Waals surface area contributed by atoms with Crippen LogP contribution >= 0.6 is 0 Å². The van der Waals surface area contributed by atoms with Crippen LogP contribution in [0.3, 0.4) is 0 Å². The van der Waals surface area contributed by atoms with E-state index in [4.69, 9.17) is 10.5 Å². The predicted octanol–water partition coefficient (Wildman–Crippen LogP) is 2.15. The summed E-state index contributed by atoms with van der Waals surface area (Å²) in [4.78, 5) is 8.16. The lowest BCUT2D eigenvalue weighted by Gasteiger charge is -2.15. The molecule has 2 heterocycles. The lowest BCUT2D eigenvalue weighted by atomic mass is 10.2. The maximum Gasteiger partial charge on any atom is 0.254 e. The molecule has 102 valence electrons. The molecule has 2 aromatic heterocycles. The van der Waals surface area contributed by atoms with Crippen molar-refractivity contribution in [1.29, 1.82) is 0 Å². The van der Waals surface area contributed by atoms with Crippen LogP contribution in [0, 0.1) is 6.92 Å². The molecular formula is C14H15N5O. The van der Waals surface area contributed by atoms with Crippen molar-refractivity contribution < 1.29 is 4.74 Å². The number of nitrogens with zero attached hydrogens (tertiary/aromatic N) is 4. The van der Waals surface area contributed by atoms with Crippen molar-refractivity contribution in [3.63, 3.8) is 0 Å². The zero-order valence-corrected chi connectivity index (χ0v) is 11.3. The van der Waals surface area contributed by atoms with Gasteiger partial charge in [0.25, 0.3) is 5.78 Å². The monoisotopic (exact) mass is 269 g/mol. The van der Waals surface area contributed by atoms with E-state index < -0.39 is 0 Å². The molecule has 0 aliphatic heterocycles. The highest BCUT2D eigenvalue weighted by atomic mass is 16.5. The van der Waals surface area contributed by atoms with Gasteiger partial charge in [0.15, 0.2) is 0 Å². The molecule has 20 heavy (non-hydrogen) atoms. The summed E-state index contributed by atoms with van der Waals surface area (Å²) in [5.41, 5.74) is 7.65. The average molecular weight is 269 g/mol. The van der Waals surface area contributed by atoms with E-state index >= 15 is 0 Å². The molecule has 0 bridgehead atoms. The first-order chi connectivity index (χ1) is 9.63. The Labute approximate surface area is 116 Å². The number of nitrogen functional groups attached to an aromatic ring is 1. The largest absolute Gasteiger partial charge is 0.484 e. The molecule has 1 atom stereocenters. The molecule has 0 aliphatic rings. The second kappa shape index (κ2) is 4.80. The Morgan fingerprint density at radius 3 is 2.70 bits per heavy atom. The second-order valence-corrected chi connectivity index (χ2v) is 4.62. The number of aryl methyl sites for hydroxylation is 1. The van der Waals surface area contributed by atoms with Gasteiger partial charge in [-0.2, -0.15) is 9.50 Å². The number of ether oxygens (including phenoxy) is 1. The highest BCUT2D eigenvalue weighted by Crippen LogP contribution is 2.22. The van der Waals surface area contributed by atoms with Gasteiger partial charge < -0.3 is 10.5 Å². The molecule has 1 aromatic carbocycles. The molecule has 3 rings (SSSR count). The van der Waals surface area contributed by atoms with Crippen LogP contribution in [0.25, 0.3) is 5.78 Å². The van der Waals surface area contributed by atoms with Gasteiger partial charge in [-0.3, -0.25) is 0 Å². The van der Waals surface area contributed by atoms with Gasteiger partial charge in [0, 0.05) is 6.20 Å². The maximum absolute atomic E-state index is 5.92. The molecule has 0 aliphatic carbocycles. The summed E-state index contributed by atoms with van der Waals surface area (Å²) >= 11 is 0. The van der Waals surface area contributed by atoms with Gasteiger partial charge in [0.1, 0.15) is 11.9 Å². The summed E-state index contributed by atoms with van der Waals surface area (Å²) in [5.74, 6) is 1.48. The molecule has 0 saturated carbocycles. The highest BCUT2D eigenvalue weighted by molar-refractivity contribution is 5.35. The molecule has 0 saturated heterocycles. The minimum Gasteiger partial charge on any atom is -0.484 e. The Morgan fingerprint density at radius 2 is 1.95 bits per heavy atom. The molecule has 0 unspecified atom stereocenters. The standard InChI is InChI=1S/C14H15N5O/c1-9-3-5-11(6-4-9)20-10(2)12-7-8-16-14-17-13(15)18-19(12)14/h3-8,10H,1-2H3,(H2,15,18)/t10-/m1/s1. The molecular weight excluding hydrogens is 254 g/mol. The fourth-order valence-electron chi connectivity index (χ4n) is 2.02. The van der Waals surface area contributed by atoms with Crippen molar-refractivity contribution in [2.45, 2.75) is 20.0 Å². The zero-order chi connectivity index (χ0) is 14.1. The van der Waals surface area contributed by atoms with Crippen LogP contribution in [-0.2, 0) is 0 Å². The third kappa shape index (κ3) is 2.27. The van der Waals surface area contributed by atoms with Crippen LogP contribution in [0.15, 0.2) is 36.5 Å². The van der Waals surface area contributed by atoms with E-state index in [9.17, 15) is 0 Å². The maximum atomic E-state index is 5.92. The van der Waals surface area contributed by atoms with E-state index in [1.165, 1.54) is 5.56 Å². The zero-order valence-electron chi connectivity index (χ0n) is 11.3. The number of hydrogen-bond donors (Lipinski definition) is 1. The van der Waals surface area contributed by atoms with Crippen molar-refractivity contribution in [2.75, 3.05) is 5.73 Å². The van der Waals surface area contributed by atoms with E-state index in [0.29, 0.717) is 5.78 Å². The molecule has 0 amide bonds. The number of anilines is 1. The van der Waals surface area contributed by atoms with Crippen molar-refractivity contribution >= 4 is 11.7 Å². The Bertz CT molecular complexity index is 735.